The van der Waals surface area contributed by atoms with Gasteiger partial charge in [0.1, 0.15) is 17.2 Å². The summed E-state index contributed by atoms with van der Waals surface area (Å²) in [5, 5.41) is 9.71. The third kappa shape index (κ3) is 4.22. The molecule has 0 atom stereocenters. The van der Waals surface area contributed by atoms with E-state index in [0.717, 1.165) is 25.1 Å². The minimum absolute atomic E-state index is 0.0939. The third-order valence-corrected chi connectivity index (χ3v) is 4.89. The molecule has 0 bridgehead atoms. The van der Waals surface area contributed by atoms with Crippen molar-refractivity contribution in [1.29, 1.82) is 0 Å². The number of carbonyl (C=O) groups is 2. The lowest BCUT2D eigenvalue weighted by atomic mass is 10.2. The number of benzene rings is 2. The lowest BCUT2D eigenvalue weighted by molar-refractivity contribution is -0.119. The molecule has 27 heavy (non-hydrogen) atoms. The van der Waals surface area contributed by atoms with Crippen LogP contribution in [0.5, 0.6) is 17.2 Å². The summed E-state index contributed by atoms with van der Waals surface area (Å²) < 4.78 is 5.73. The normalized spacial score (nSPS) is 16.0. The van der Waals surface area contributed by atoms with Crippen LogP contribution in [0.15, 0.2) is 42.5 Å². The summed E-state index contributed by atoms with van der Waals surface area (Å²) in [6, 6.07) is 11.5. The first-order chi connectivity index (χ1) is 13.0. The van der Waals surface area contributed by atoms with Crippen molar-refractivity contribution in [2.24, 2.45) is 17.6 Å². The lowest BCUT2D eigenvalue weighted by Crippen LogP contribution is -2.34. The molecule has 4 rings (SSSR count). The molecule has 2 fully saturated rings. The number of aromatic hydroxyl groups is 1. The van der Waals surface area contributed by atoms with Gasteiger partial charge in [0.15, 0.2) is 0 Å². The highest BCUT2D eigenvalue weighted by atomic mass is 16.5. The van der Waals surface area contributed by atoms with Gasteiger partial charge in [-0.25, -0.2) is 0 Å². The first kappa shape index (κ1) is 17.4. The smallest absolute Gasteiger partial charge is 0.248 e. The van der Waals surface area contributed by atoms with Gasteiger partial charge in [-0.15, -0.1) is 0 Å². The predicted molar refractivity (Wildman–Crippen MR) is 101 cm³/mol. The predicted octanol–water partition coefficient (Wildman–Crippen LogP) is 3.44. The van der Waals surface area contributed by atoms with Gasteiger partial charge in [-0.3, -0.25) is 9.59 Å². The summed E-state index contributed by atoms with van der Waals surface area (Å²) in [6.45, 7) is 0.782. The first-order valence-corrected chi connectivity index (χ1v) is 9.23. The van der Waals surface area contributed by atoms with Crippen LogP contribution in [0.4, 0.5) is 5.69 Å². The van der Waals surface area contributed by atoms with Crippen LogP contribution in [0.25, 0.3) is 0 Å². The average Bonchev–Trinajstić information content (AvgIpc) is 3.54. The van der Waals surface area contributed by atoms with Crippen molar-refractivity contribution < 1.29 is 19.4 Å². The van der Waals surface area contributed by atoms with Gasteiger partial charge in [0.05, 0.1) is 0 Å². The van der Waals surface area contributed by atoms with Crippen LogP contribution in [-0.4, -0.2) is 23.5 Å². The molecule has 140 valence electrons. The number of carbonyl (C=O) groups excluding carboxylic acids is 2. The third-order valence-electron chi connectivity index (χ3n) is 4.89. The lowest BCUT2D eigenvalue weighted by Gasteiger charge is -2.23. The minimum Gasteiger partial charge on any atom is -0.508 e. The fourth-order valence-corrected chi connectivity index (χ4v) is 3.05. The second-order valence-corrected chi connectivity index (χ2v) is 7.34. The van der Waals surface area contributed by atoms with E-state index in [-0.39, 0.29) is 23.1 Å². The van der Waals surface area contributed by atoms with Crippen molar-refractivity contribution in [3.63, 3.8) is 0 Å². The summed E-state index contributed by atoms with van der Waals surface area (Å²) in [5.41, 5.74) is 6.31. The molecule has 0 aliphatic heterocycles. The molecule has 2 saturated carbocycles. The molecule has 0 spiro atoms. The highest BCUT2D eigenvalue weighted by Crippen LogP contribution is 2.37. The summed E-state index contributed by atoms with van der Waals surface area (Å²) in [6.07, 6.45) is 4.35. The zero-order valence-corrected chi connectivity index (χ0v) is 14.9. The van der Waals surface area contributed by atoms with Crippen molar-refractivity contribution in [1.82, 2.24) is 0 Å². The van der Waals surface area contributed by atoms with Gasteiger partial charge in [-0.2, -0.15) is 0 Å². The van der Waals surface area contributed by atoms with E-state index in [1.807, 2.05) is 17.0 Å². The largest absolute Gasteiger partial charge is 0.508 e. The second kappa shape index (κ2) is 6.95. The fraction of sp³-hybridized carbons (Fsp3) is 0.333. The maximum Gasteiger partial charge on any atom is 0.248 e. The second-order valence-electron chi connectivity index (χ2n) is 7.34. The Kier molecular flexibility index (Phi) is 4.48. The van der Waals surface area contributed by atoms with Gasteiger partial charge >= 0.3 is 0 Å². The van der Waals surface area contributed by atoms with E-state index >= 15 is 0 Å². The average molecular weight is 366 g/mol. The number of nitrogens with two attached hydrogens (primary N) is 1. The Morgan fingerprint density at radius 1 is 1.04 bits per heavy atom. The SMILES string of the molecule is NC(=O)c1cc(O)cc(Oc2ccc(N(CC3CC3)C(=O)C3CC3)cc2)c1. The molecular formula is C21H22N2O4. The molecule has 0 unspecified atom stereocenters. The zero-order valence-electron chi connectivity index (χ0n) is 14.9. The van der Waals surface area contributed by atoms with E-state index in [1.165, 1.54) is 31.0 Å². The first-order valence-electron chi connectivity index (χ1n) is 9.23. The number of anilines is 1. The van der Waals surface area contributed by atoms with E-state index in [0.29, 0.717) is 17.4 Å². The van der Waals surface area contributed by atoms with Crippen LogP contribution in [0, 0.1) is 11.8 Å². The number of nitrogens with zero attached hydrogens (tertiary/aromatic N) is 1. The van der Waals surface area contributed by atoms with Crippen molar-refractivity contribution in [3.05, 3.63) is 48.0 Å². The molecule has 0 aromatic heterocycles. The monoisotopic (exact) mass is 366 g/mol. The number of phenols is 1. The van der Waals surface area contributed by atoms with Crippen LogP contribution in [0.3, 0.4) is 0 Å². The van der Waals surface area contributed by atoms with Crippen LogP contribution >= 0.6 is 0 Å². The number of phenolic OH excluding ortho intramolecular Hbond substituents is 1. The molecule has 0 radical (unpaired) electrons. The van der Waals surface area contributed by atoms with Gasteiger partial charge < -0.3 is 20.5 Å². The number of hydrogen-bond acceptors (Lipinski definition) is 4. The van der Waals surface area contributed by atoms with Crippen LogP contribution in [0.2, 0.25) is 0 Å². The molecule has 3 N–H and O–H groups in total. The van der Waals surface area contributed by atoms with Gasteiger partial charge in [0.25, 0.3) is 0 Å². The summed E-state index contributed by atoms with van der Waals surface area (Å²) in [7, 11) is 0. The molecule has 2 aliphatic carbocycles. The topological polar surface area (TPSA) is 92.9 Å². The number of primary amides is 1. The Morgan fingerprint density at radius 3 is 2.33 bits per heavy atom. The maximum atomic E-state index is 12.6. The molecule has 2 amide bonds. The van der Waals surface area contributed by atoms with Crippen molar-refractivity contribution in [2.45, 2.75) is 25.7 Å². The van der Waals surface area contributed by atoms with Crippen molar-refractivity contribution in [3.8, 4) is 17.2 Å². The molecule has 0 saturated heterocycles. The molecule has 2 aromatic rings. The summed E-state index contributed by atoms with van der Waals surface area (Å²) in [4.78, 5) is 25.8. The zero-order chi connectivity index (χ0) is 19.0. The van der Waals surface area contributed by atoms with Crippen molar-refractivity contribution >= 4 is 17.5 Å². The minimum atomic E-state index is -0.639. The standard InChI is InChI=1S/C21H22N2O4/c22-20(25)15-9-17(24)11-19(10-15)27-18-7-5-16(6-8-18)23(12-13-1-2-13)21(26)14-3-4-14/h5-11,13-14,24H,1-4,12H2,(H2,22,25). The maximum absolute atomic E-state index is 12.6. The molecule has 6 heteroatoms. The summed E-state index contributed by atoms with van der Waals surface area (Å²) in [5.74, 6) is 1.14. The Labute approximate surface area is 157 Å². The van der Waals surface area contributed by atoms with E-state index < -0.39 is 5.91 Å². The van der Waals surface area contributed by atoms with Crippen LogP contribution < -0.4 is 15.4 Å². The molecular weight excluding hydrogens is 344 g/mol. The molecule has 2 aliphatic rings. The van der Waals surface area contributed by atoms with E-state index in [1.54, 1.807) is 12.1 Å². The molecule has 6 nitrogen and oxygen atoms in total. The Bertz CT molecular complexity index is 870. The fourth-order valence-electron chi connectivity index (χ4n) is 3.05. The Hall–Kier alpha value is -3.02. The molecule has 0 heterocycles. The van der Waals surface area contributed by atoms with Gasteiger partial charge in [0, 0.05) is 29.8 Å². The number of hydrogen-bond donors (Lipinski definition) is 2. The summed E-state index contributed by atoms with van der Waals surface area (Å²) >= 11 is 0. The number of rotatable bonds is 7. The van der Waals surface area contributed by atoms with E-state index in [4.69, 9.17) is 10.5 Å². The molecule has 2 aromatic carbocycles. The van der Waals surface area contributed by atoms with Crippen LogP contribution in [0.1, 0.15) is 36.0 Å². The highest BCUT2D eigenvalue weighted by molar-refractivity contribution is 5.96. The quantitative estimate of drug-likeness (QED) is 0.785. The number of ether oxygens (including phenoxy) is 1. The number of amides is 2. The Balaban J connectivity index is 1.51. The van der Waals surface area contributed by atoms with Crippen LogP contribution in [-0.2, 0) is 4.79 Å². The van der Waals surface area contributed by atoms with Crippen molar-refractivity contribution in [2.75, 3.05) is 11.4 Å². The highest BCUT2D eigenvalue weighted by Gasteiger charge is 2.36. The van der Waals surface area contributed by atoms with E-state index in [2.05, 4.69) is 0 Å². The van der Waals surface area contributed by atoms with E-state index in [9.17, 15) is 14.7 Å². The Morgan fingerprint density at radius 2 is 1.74 bits per heavy atom. The van der Waals surface area contributed by atoms with Gasteiger partial charge in [-0.1, -0.05) is 0 Å². The van der Waals surface area contributed by atoms with Gasteiger partial charge in [-0.05, 0) is 68.0 Å². The van der Waals surface area contributed by atoms with Gasteiger partial charge in [0.2, 0.25) is 11.8 Å².